The number of hydrogen-bond acceptors (Lipinski definition) is 5. The quantitative estimate of drug-likeness (QED) is 0.738. The van der Waals surface area contributed by atoms with E-state index in [0.717, 1.165) is 6.54 Å². The first-order valence-corrected chi connectivity index (χ1v) is 8.39. The first-order chi connectivity index (χ1) is 12.5. The molecule has 1 heterocycles. The van der Waals surface area contributed by atoms with E-state index in [9.17, 15) is 4.79 Å². The molecule has 2 aromatic carbocycles. The topological polar surface area (TPSA) is 67.5 Å². The van der Waals surface area contributed by atoms with Gasteiger partial charge in [0.05, 0.1) is 31.7 Å². The highest BCUT2D eigenvalue weighted by Gasteiger charge is 2.12. The van der Waals surface area contributed by atoms with Gasteiger partial charge in [0.25, 0.3) is 5.56 Å². The number of fused-ring (bicyclic) bond motifs is 1. The monoisotopic (exact) mass is 353 g/mol. The zero-order chi connectivity index (χ0) is 18.7. The molecule has 0 radical (unpaired) electrons. The van der Waals surface area contributed by atoms with Crippen molar-refractivity contribution in [3.05, 3.63) is 63.7 Å². The lowest BCUT2D eigenvalue weighted by atomic mass is 10.1. The summed E-state index contributed by atoms with van der Waals surface area (Å²) in [5.74, 6) is 1.68. The molecule has 0 aliphatic rings. The van der Waals surface area contributed by atoms with Gasteiger partial charge in [0.15, 0.2) is 11.5 Å². The van der Waals surface area contributed by atoms with E-state index in [1.165, 1.54) is 11.1 Å². The highest BCUT2D eigenvalue weighted by atomic mass is 16.5. The van der Waals surface area contributed by atoms with E-state index in [1.54, 1.807) is 26.4 Å². The van der Waals surface area contributed by atoms with E-state index in [2.05, 4.69) is 33.9 Å². The Labute approximate surface area is 152 Å². The van der Waals surface area contributed by atoms with Crippen molar-refractivity contribution in [3.63, 3.8) is 0 Å². The highest BCUT2D eigenvalue weighted by Crippen LogP contribution is 2.29. The summed E-state index contributed by atoms with van der Waals surface area (Å²) < 4.78 is 10.6. The number of nitrogens with zero attached hydrogens (tertiary/aromatic N) is 2. The number of aryl methyl sites for hydroxylation is 1. The van der Waals surface area contributed by atoms with Gasteiger partial charge in [-0.05, 0) is 31.2 Å². The molecule has 0 fully saturated rings. The molecule has 3 rings (SSSR count). The SMILES string of the molecule is COc1cc2nc(CN(C)Cc3ccccc3C)[nH]c(=O)c2cc1OC. The summed E-state index contributed by atoms with van der Waals surface area (Å²) in [6.07, 6.45) is 0. The lowest BCUT2D eigenvalue weighted by molar-refractivity contribution is 0.310. The predicted molar refractivity (Wildman–Crippen MR) is 102 cm³/mol. The van der Waals surface area contributed by atoms with E-state index in [0.29, 0.717) is 34.8 Å². The van der Waals surface area contributed by atoms with Crippen LogP contribution in [-0.2, 0) is 13.1 Å². The Morgan fingerprint density at radius 2 is 1.77 bits per heavy atom. The lowest BCUT2D eigenvalue weighted by Crippen LogP contribution is -2.22. The molecule has 0 aliphatic carbocycles. The van der Waals surface area contributed by atoms with Crippen LogP contribution in [0, 0.1) is 6.92 Å². The van der Waals surface area contributed by atoms with Gasteiger partial charge in [-0.1, -0.05) is 24.3 Å². The second-order valence-corrected chi connectivity index (χ2v) is 6.34. The van der Waals surface area contributed by atoms with Gasteiger partial charge in [-0.25, -0.2) is 4.98 Å². The molecule has 26 heavy (non-hydrogen) atoms. The lowest BCUT2D eigenvalue weighted by Gasteiger charge is -2.17. The van der Waals surface area contributed by atoms with Gasteiger partial charge in [0.2, 0.25) is 0 Å². The maximum absolute atomic E-state index is 12.5. The van der Waals surface area contributed by atoms with Crippen molar-refractivity contribution in [2.45, 2.75) is 20.0 Å². The van der Waals surface area contributed by atoms with Crippen LogP contribution in [0.2, 0.25) is 0 Å². The molecule has 0 amide bonds. The van der Waals surface area contributed by atoms with Crippen molar-refractivity contribution in [2.75, 3.05) is 21.3 Å². The van der Waals surface area contributed by atoms with Crippen molar-refractivity contribution >= 4 is 10.9 Å². The molecular weight excluding hydrogens is 330 g/mol. The third-order valence-electron chi connectivity index (χ3n) is 4.38. The van der Waals surface area contributed by atoms with Crippen LogP contribution in [0.25, 0.3) is 10.9 Å². The summed E-state index contributed by atoms with van der Waals surface area (Å²) in [5, 5.41) is 0.480. The normalized spacial score (nSPS) is 11.1. The molecule has 3 aromatic rings. The standard InChI is InChI=1S/C20H23N3O3/c1-13-7-5-6-8-14(13)11-23(2)12-19-21-16-10-18(26-4)17(25-3)9-15(16)20(24)22-19/h5-10H,11-12H2,1-4H3,(H,21,22,24). The molecule has 6 nitrogen and oxygen atoms in total. The summed E-state index contributed by atoms with van der Waals surface area (Å²) in [4.78, 5) is 22.0. The molecule has 0 bridgehead atoms. The van der Waals surface area contributed by atoms with E-state index < -0.39 is 0 Å². The Bertz CT molecular complexity index is 982. The fraction of sp³-hybridized carbons (Fsp3) is 0.300. The van der Waals surface area contributed by atoms with E-state index in [1.807, 2.05) is 19.2 Å². The summed E-state index contributed by atoms with van der Waals surface area (Å²) in [6, 6.07) is 11.7. The molecule has 0 unspecified atom stereocenters. The fourth-order valence-electron chi connectivity index (χ4n) is 2.98. The number of ether oxygens (including phenoxy) is 2. The average Bonchev–Trinajstić information content (AvgIpc) is 2.62. The van der Waals surface area contributed by atoms with Gasteiger partial charge >= 0.3 is 0 Å². The van der Waals surface area contributed by atoms with E-state index in [4.69, 9.17) is 9.47 Å². The van der Waals surface area contributed by atoms with Crippen LogP contribution in [0.3, 0.4) is 0 Å². The molecule has 0 saturated carbocycles. The molecule has 0 spiro atoms. The summed E-state index contributed by atoms with van der Waals surface area (Å²) in [6.45, 7) is 3.41. The summed E-state index contributed by atoms with van der Waals surface area (Å²) in [5.41, 5.74) is 2.90. The Hall–Kier alpha value is -2.86. The van der Waals surface area contributed by atoms with Gasteiger partial charge < -0.3 is 14.5 Å². The average molecular weight is 353 g/mol. The maximum Gasteiger partial charge on any atom is 0.258 e. The smallest absolute Gasteiger partial charge is 0.258 e. The summed E-state index contributed by atoms with van der Waals surface area (Å²) >= 11 is 0. The third kappa shape index (κ3) is 3.70. The van der Waals surface area contributed by atoms with Crippen LogP contribution in [-0.4, -0.2) is 36.1 Å². The van der Waals surface area contributed by atoms with Gasteiger partial charge in [-0.3, -0.25) is 9.69 Å². The van der Waals surface area contributed by atoms with Crippen molar-refractivity contribution in [1.29, 1.82) is 0 Å². The van der Waals surface area contributed by atoms with Gasteiger partial charge in [0.1, 0.15) is 5.82 Å². The van der Waals surface area contributed by atoms with Crippen LogP contribution < -0.4 is 15.0 Å². The fourth-order valence-corrected chi connectivity index (χ4v) is 2.98. The van der Waals surface area contributed by atoms with Gasteiger partial charge in [0, 0.05) is 12.6 Å². The molecule has 0 aliphatic heterocycles. The number of nitrogens with one attached hydrogen (secondary N) is 1. The summed E-state index contributed by atoms with van der Waals surface area (Å²) in [7, 11) is 5.11. The zero-order valence-electron chi connectivity index (χ0n) is 15.5. The third-order valence-corrected chi connectivity index (χ3v) is 4.38. The highest BCUT2D eigenvalue weighted by molar-refractivity contribution is 5.81. The van der Waals surface area contributed by atoms with Crippen molar-refractivity contribution < 1.29 is 9.47 Å². The van der Waals surface area contributed by atoms with Crippen LogP contribution >= 0.6 is 0 Å². The second kappa shape index (κ2) is 7.58. The number of aromatic nitrogens is 2. The number of H-pyrrole nitrogens is 1. The van der Waals surface area contributed by atoms with Crippen LogP contribution in [0.5, 0.6) is 11.5 Å². The van der Waals surface area contributed by atoms with Crippen LogP contribution in [0.1, 0.15) is 17.0 Å². The Morgan fingerprint density at radius 3 is 2.46 bits per heavy atom. The van der Waals surface area contributed by atoms with E-state index in [-0.39, 0.29) is 5.56 Å². The molecule has 0 saturated heterocycles. The van der Waals surface area contributed by atoms with Crippen molar-refractivity contribution in [3.8, 4) is 11.5 Å². The Morgan fingerprint density at radius 1 is 1.08 bits per heavy atom. The number of rotatable bonds is 6. The number of aromatic amines is 1. The minimum absolute atomic E-state index is 0.185. The molecular formula is C20H23N3O3. The Balaban J connectivity index is 1.88. The van der Waals surface area contributed by atoms with Gasteiger partial charge in [-0.2, -0.15) is 0 Å². The molecule has 1 aromatic heterocycles. The van der Waals surface area contributed by atoms with Crippen LogP contribution in [0.4, 0.5) is 0 Å². The zero-order valence-corrected chi connectivity index (χ0v) is 15.5. The maximum atomic E-state index is 12.5. The minimum atomic E-state index is -0.185. The van der Waals surface area contributed by atoms with E-state index >= 15 is 0 Å². The van der Waals surface area contributed by atoms with Gasteiger partial charge in [-0.15, -0.1) is 0 Å². The van der Waals surface area contributed by atoms with Crippen molar-refractivity contribution in [1.82, 2.24) is 14.9 Å². The minimum Gasteiger partial charge on any atom is -0.493 e. The second-order valence-electron chi connectivity index (χ2n) is 6.34. The first kappa shape index (κ1) is 17.9. The number of benzene rings is 2. The number of hydrogen-bond donors (Lipinski definition) is 1. The molecule has 1 N–H and O–H groups in total. The molecule has 0 atom stereocenters. The number of methoxy groups -OCH3 is 2. The largest absolute Gasteiger partial charge is 0.493 e. The van der Waals surface area contributed by atoms with Crippen LogP contribution in [0.15, 0.2) is 41.2 Å². The Kier molecular flexibility index (Phi) is 5.23. The van der Waals surface area contributed by atoms with Crippen molar-refractivity contribution in [2.24, 2.45) is 0 Å². The first-order valence-electron chi connectivity index (χ1n) is 8.39. The molecule has 6 heteroatoms. The molecule has 136 valence electrons. The predicted octanol–water partition coefficient (Wildman–Crippen LogP) is 2.88.